The van der Waals surface area contributed by atoms with Gasteiger partial charge in [-0.1, -0.05) is 23.2 Å². The van der Waals surface area contributed by atoms with Crippen LogP contribution in [0.3, 0.4) is 0 Å². The van der Waals surface area contributed by atoms with E-state index in [0.29, 0.717) is 66.9 Å². The van der Waals surface area contributed by atoms with Crippen LogP contribution in [0.15, 0.2) is 24.5 Å². The molecule has 68 heavy (non-hydrogen) atoms. The zero-order valence-electron chi connectivity index (χ0n) is 40.2. The highest BCUT2D eigenvalue weighted by atomic mass is 35.5. The molecule has 0 saturated carbocycles. The van der Waals surface area contributed by atoms with Crippen molar-refractivity contribution in [3.8, 4) is 22.3 Å². The number of hydrogen-bond donors (Lipinski definition) is 0. The van der Waals surface area contributed by atoms with Gasteiger partial charge in [0.2, 0.25) is 0 Å². The molecule has 4 saturated heterocycles. The summed E-state index contributed by atoms with van der Waals surface area (Å²) in [5.74, 6) is -2.92. The summed E-state index contributed by atoms with van der Waals surface area (Å²) in [5, 5.41) is 0.847. The Morgan fingerprint density at radius 1 is 0.632 bits per heavy atom. The standard InChI is InChI=1S/2C25H29ClF2N4O2/c2*1-25(2,3)34-24(33)31(5)18-9-16(27)22(28)20-14(18)8-17-21(20)23(15(26)10-29-17)32-7-6-13-11-30(4)12-19(13)32/h2*9-10,13,19H,6-8,11-12H2,1-5H3/t2*13-,19+/m10/s1. The van der Waals surface area contributed by atoms with Gasteiger partial charge in [-0.05, 0) is 91.4 Å². The molecule has 4 atom stereocenters. The van der Waals surface area contributed by atoms with Crippen LogP contribution in [0.25, 0.3) is 22.3 Å². The largest absolute Gasteiger partial charge is 0.443 e. The molecule has 2 amide bonds. The smallest absolute Gasteiger partial charge is 0.414 e. The molecular formula is C50H58Cl2F4N8O4. The van der Waals surface area contributed by atoms with Crippen LogP contribution in [0.2, 0.25) is 10.0 Å². The Morgan fingerprint density at radius 2 is 1.00 bits per heavy atom. The van der Waals surface area contributed by atoms with Crippen LogP contribution < -0.4 is 19.6 Å². The summed E-state index contributed by atoms with van der Waals surface area (Å²) in [4.78, 5) is 46.0. The Labute approximate surface area is 405 Å². The molecule has 18 heteroatoms. The molecule has 4 aromatic rings. The number of anilines is 4. The molecule has 2 aromatic heterocycles. The van der Waals surface area contributed by atoms with Crippen molar-refractivity contribution in [2.45, 2.75) is 90.5 Å². The van der Waals surface area contributed by atoms with E-state index in [1.165, 1.54) is 23.9 Å². The lowest BCUT2D eigenvalue weighted by Gasteiger charge is -2.29. The van der Waals surface area contributed by atoms with Gasteiger partial charge >= 0.3 is 12.2 Å². The molecular weight excluding hydrogens is 923 g/mol. The number of likely N-dealkylation sites (N-methyl/N-ethyl adjacent to an activating group) is 2. The third-order valence-electron chi connectivity index (χ3n) is 14.1. The number of amides is 2. The predicted molar refractivity (Wildman–Crippen MR) is 258 cm³/mol. The van der Waals surface area contributed by atoms with E-state index in [1.807, 2.05) is 0 Å². The number of hydrogen-bond acceptors (Lipinski definition) is 10. The fourth-order valence-corrected chi connectivity index (χ4v) is 11.8. The number of ether oxygens (including phenoxy) is 2. The summed E-state index contributed by atoms with van der Waals surface area (Å²) in [6, 6.07) is 2.64. The summed E-state index contributed by atoms with van der Waals surface area (Å²) in [5.41, 5.74) is 4.15. The van der Waals surface area contributed by atoms with Gasteiger partial charge in [0.05, 0.1) is 44.2 Å². The minimum atomic E-state index is -1.03. The number of benzene rings is 2. The van der Waals surface area contributed by atoms with Gasteiger partial charge in [-0.3, -0.25) is 19.8 Å². The van der Waals surface area contributed by atoms with Crippen molar-refractivity contribution in [1.82, 2.24) is 19.8 Å². The fraction of sp³-hybridized carbons (Fsp3) is 0.520. The van der Waals surface area contributed by atoms with Gasteiger partial charge < -0.3 is 29.1 Å². The summed E-state index contributed by atoms with van der Waals surface area (Å²) < 4.78 is 71.6. The van der Waals surface area contributed by atoms with Crippen molar-refractivity contribution in [3.05, 3.63) is 80.4 Å². The number of pyridine rings is 2. The Balaban J connectivity index is 0.000000170. The van der Waals surface area contributed by atoms with Crippen molar-refractivity contribution in [2.75, 3.05) is 87.1 Å². The van der Waals surface area contributed by atoms with Crippen LogP contribution in [0.4, 0.5) is 49.9 Å². The second kappa shape index (κ2) is 17.5. The lowest BCUT2D eigenvalue weighted by molar-refractivity contribution is 0.0578. The van der Waals surface area contributed by atoms with E-state index >= 15 is 8.78 Å². The van der Waals surface area contributed by atoms with Gasteiger partial charge in [0.1, 0.15) is 11.2 Å². The molecule has 6 heterocycles. The van der Waals surface area contributed by atoms with E-state index in [9.17, 15) is 18.4 Å². The first-order valence-corrected chi connectivity index (χ1v) is 23.9. The van der Waals surface area contributed by atoms with E-state index in [0.717, 1.165) is 64.2 Å². The molecule has 0 unspecified atom stereocenters. The minimum Gasteiger partial charge on any atom is -0.443 e. The molecule has 0 spiro atoms. The van der Waals surface area contributed by atoms with Gasteiger partial charge in [-0.15, -0.1) is 0 Å². The molecule has 0 N–H and O–H groups in total. The third kappa shape index (κ3) is 8.50. The molecule has 0 radical (unpaired) electrons. The maximum absolute atomic E-state index is 15.4. The van der Waals surface area contributed by atoms with Gasteiger partial charge in [-0.2, -0.15) is 0 Å². The molecule has 364 valence electrons. The van der Waals surface area contributed by atoms with Crippen molar-refractivity contribution in [3.63, 3.8) is 0 Å². The maximum Gasteiger partial charge on any atom is 0.414 e. The molecule has 10 rings (SSSR count). The van der Waals surface area contributed by atoms with Crippen LogP contribution >= 0.6 is 23.2 Å². The second-order valence-electron chi connectivity index (χ2n) is 21.1. The molecule has 2 aliphatic carbocycles. The maximum atomic E-state index is 15.4. The Bertz CT molecular complexity index is 2550. The van der Waals surface area contributed by atoms with E-state index in [4.69, 9.17) is 32.7 Å². The van der Waals surface area contributed by atoms with E-state index in [1.54, 1.807) is 53.9 Å². The molecule has 4 aliphatic heterocycles. The van der Waals surface area contributed by atoms with Crippen molar-refractivity contribution in [1.29, 1.82) is 0 Å². The van der Waals surface area contributed by atoms with Crippen LogP contribution in [0.5, 0.6) is 0 Å². The lowest BCUT2D eigenvalue weighted by atomic mass is 10.0. The quantitative estimate of drug-likeness (QED) is 0.159. The van der Waals surface area contributed by atoms with Crippen LogP contribution in [0.1, 0.15) is 76.9 Å². The number of rotatable bonds is 4. The predicted octanol–water partition coefficient (Wildman–Crippen LogP) is 10.2. The highest BCUT2D eigenvalue weighted by molar-refractivity contribution is 6.34. The number of carbonyl (C=O) groups excluding carboxylic acids is 2. The van der Waals surface area contributed by atoms with E-state index in [-0.39, 0.29) is 47.4 Å². The number of fused-ring (bicyclic) bond motifs is 8. The van der Waals surface area contributed by atoms with Crippen LogP contribution in [-0.2, 0) is 22.3 Å². The molecule has 6 aliphatic rings. The van der Waals surface area contributed by atoms with Crippen molar-refractivity contribution >= 4 is 58.1 Å². The van der Waals surface area contributed by atoms with Gasteiger partial charge in [-0.25, -0.2) is 27.2 Å². The minimum absolute atomic E-state index is 0.139. The average molecular weight is 982 g/mol. The number of carbonyl (C=O) groups is 2. The third-order valence-corrected chi connectivity index (χ3v) is 14.6. The fourth-order valence-electron chi connectivity index (χ4n) is 11.3. The second-order valence-corrected chi connectivity index (χ2v) is 22.0. The number of halogens is 6. The summed E-state index contributed by atoms with van der Waals surface area (Å²) >= 11 is 13.4. The zero-order valence-corrected chi connectivity index (χ0v) is 41.7. The van der Waals surface area contributed by atoms with Crippen LogP contribution in [-0.4, -0.2) is 123 Å². The average Bonchev–Trinajstić information content (AvgIpc) is 4.11. The van der Waals surface area contributed by atoms with Gasteiger partial charge in [0.15, 0.2) is 23.3 Å². The first kappa shape index (κ1) is 48.1. The topological polar surface area (TPSA) is 97.8 Å². The highest BCUT2D eigenvalue weighted by Gasteiger charge is 2.46. The summed E-state index contributed by atoms with van der Waals surface area (Å²) in [6.07, 6.45) is 4.50. The van der Waals surface area contributed by atoms with E-state index < -0.39 is 46.7 Å². The van der Waals surface area contributed by atoms with Gasteiger partial charge in [0.25, 0.3) is 0 Å². The number of aromatic nitrogens is 2. The Kier molecular flexibility index (Phi) is 12.4. The SMILES string of the molecule is CN1C[C@@H]2CCN(c3c(Cl)cnc4c3-c3c(F)c(F)cc(N(C)C(=O)OC(C)(C)C)c3C4)[C@@H]2C1.CN1C[C@H]2CCN(c3c(Cl)cnc4c3-c3c(F)c(F)cc(N(C)C(=O)OC(C)(C)C)c3C4)[C@H]2C1. The summed E-state index contributed by atoms with van der Waals surface area (Å²) in [7, 11) is 7.20. The molecule has 4 fully saturated rings. The summed E-state index contributed by atoms with van der Waals surface area (Å²) in [6.45, 7) is 15.9. The molecule has 12 nitrogen and oxygen atoms in total. The first-order valence-electron chi connectivity index (χ1n) is 23.1. The van der Waals surface area contributed by atoms with E-state index in [2.05, 4.69) is 43.7 Å². The highest BCUT2D eigenvalue weighted by Crippen LogP contribution is 2.53. The van der Waals surface area contributed by atoms with Crippen molar-refractivity contribution in [2.24, 2.45) is 11.8 Å². The molecule has 2 aromatic carbocycles. The number of likely N-dealkylation sites (tertiary alicyclic amines) is 2. The number of nitrogens with zero attached hydrogens (tertiary/aromatic N) is 8. The van der Waals surface area contributed by atoms with Crippen LogP contribution in [0, 0.1) is 35.1 Å². The zero-order chi connectivity index (χ0) is 49.0. The monoisotopic (exact) mass is 980 g/mol. The lowest BCUT2D eigenvalue weighted by Crippen LogP contribution is -2.35. The Morgan fingerprint density at radius 3 is 1.35 bits per heavy atom. The van der Waals surface area contributed by atoms with Crippen molar-refractivity contribution < 1.29 is 36.6 Å². The Hall–Kier alpha value is -4.90. The first-order chi connectivity index (χ1) is 31.9. The van der Waals surface area contributed by atoms with Gasteiger partial charge in [0, 0.05) is 125 Å². The normalized spacial score (nSPS) is 21.5. The molecule has 0 bridgehead atoms.